The summed E-state index contributed by atoms with van der Waals surface area (Å²) < 4.78 is 1.98. The van der Waals surface area contributed by atoms with Gasteiger partial charge in [-0.2, -0.15) is 0 Å². The molecule has 1 aliphatic carbocycles. The number of imidazole rings is 1. The van der Waals surface area contributed by atoms with Crippen LogP contribution in [0.2, 0.25) is 0 Å². The molecule has 20 heavy (non-hydrogen) atoms. The minimum atomic E-state index is -0.0139. The lowest BCUT2D eigenvalue weighted by molar-refractivity contribution is 0.0910. The molecule has 0 aliphatic heterocycles. The number of pyridine rings is 1. The van der Waals surface area contributed by atoms with Crippen molar-refractivity contribution in [1.82, 2.24) is 14.7 Å². The molecule has 1 fully saturated rings. The lowest BCUT2D eigenvalue weighted by atomic mass is 9.80. The number of aromatic nitrogens is 2. The Hall–Kier alpha value is -1.84. The molecular formula is C16H21N3O. The van der Waals surface area contributed by atoms with E-state index in [-0.39, 0.29) is 11.9 Å². The van der Waals surface area contributed by atoms with Crippen molar-refractivity contribution in [2.24, 2.45) is 5.92 Å². The Kier molecular flexibility index (Phi) is 3.24. The molecule has 2 aromatic heterocycles. The fourth-order valence-corrected chi connectivity index (χ4v) is 2.83. The lowest BCUT2D eigenvalue weighted by Crippen LogP contribution is -2.40. The molecular weight excluding hydrogens is 250 g/mol. The summed E-state index contributed by atoms with van der Waals surface area (Å²) in [4.78, 5) is 17.0. The monoisotopic (exact) mass is 271 g/mol. The van der Waals surface area contributed by atoms with Gasteiger partial charge in [-0.15, -0.1) is 0 Å². The van der Waals surface area contributed by atoms with Crippen molar-refractivity contribution in [1.29, 1.82) is 0 Å². The van der Waals surface area contributed by atoms with E-state index < -0.39 is 0 Å². The number of rotatable bonds is 3. The number of carbonyl (C=O) groups excluding carboxylic acids is 1. The normalized spacial score (nSPS) is 16.9. The summed E-state index contributed by atoms with van der Waals surface area (Å²) in [6.45, 7) is 6.07. The van der Waals surface area contributed by atoms with Crippen LogP contribution < -0.4 is 5.32 Å². The van der Waals surface area contributed by atoms with Crippen LogP contribution in [0.15, 0.2) is 18.3 Å². The van der Waals surface area contributed by atoms with Crippen LogP contribution in [-0.2, 0) is 0 Å². The second-order valence-corrected chi connectivity index (χ2v) is 5.92. The molecule has 1 saturated carbocycles. The van der Waals surface area contributed by atoms with Gasteiger partial charge in [-0.25, -0.2) is 4.98 Å². The van der Waals surface area contributed by atoms with E-state index in [4.69, 9.17) is 0 Å². The first-order chi connectivity index (χ1) is 9.56. The Labute approximate surface area is 119 Å². The number of hydrogen-bond acceptors (Lipinski definition) is 2. The SMILES string of the molecule is Cc1cn2c(C)ccc(C(=O)N[C@H](C)C3CCC3)c2n1. The van der Waals surface area contributed by atoms with Gasteiger partial charge in [-0.1, -0.05) is 6.42 Å². The van der Waals surface area contributed by atoms with Crippen molar-refractivity contribution in [2.45, 2.75) is 46.1 Å². The fourth-order valence-electron chi connectivity index (χ4n) is 2.83. The van der Waals surface area contributed by atoms with Crippen LogP contribution in [0.1, 0.15) is 47.9 Å². The highest BCUT2D eigenvalue weighted by atomic mass is 16.1. The van der Waals surface area contributed by atoms with Gasteiger partial charge < -0.3 is 9.72 Å². The molecule has 1 amide bonds. The minimum Gasteiger partial charge on any atom is -0.349 e. The summed E-state index contributed by atoms with van der Waals surface area (Å²) in [6, 6.07) is 4.09. The third-order valence-corrected chi connectivity index (χ3v) is 4.40. The first kappa shape index (κ1) is 13.2. The lowest BCUT2D eigenvalue weighted by Gasteiger charge is -2.31. The average molecular weight is 271 g/mol. The van der Waals surface area contributed by atoms with E-state index >= 15 is 0 Å². The largest absolute Gasteiger partial charge is 0.349 e. The predicted molar refractivity (Wildman–Crippen MR) is 78.9 cm³/mol. The van der Waals surface area contributed by atoms with E-state index in [1.54, 1.807) is 0 Å². The molecule has 3 rings (SSSR count). The molecule has 4 heteroatoms. The van der Waals surface area contributed by atoms with Gasteiger partial charge in [0.05, 0.1) is 11.3 Å². The zero-order valence-corrected chi connectivity index (χ0v) is 12.3. The van der Waals surface area contributed by atoms with Gasteiger partial charge in [-0.05, 0) is 51.7 Å². The zero-order chi connectivity index (χ0) is 14.3. The highest BCUT2D eigenvalue weighted by molar-refractivity contribution is 6.00. The highest BCUT2D eigenvalue weighted by Crippen LogP contribution is 2.29. The van der Waals surface area contributed by atoms with Gasteiger partial charge in [0.1, 0.15) is 5.65 Å². The third-order valence-electron chi connectivity index (χ3n) is 4.40. The van der Waals surface area contributed by atoms with Crippen molar-refractivity contribution in [3.8, 4) is 0 Å². The van der Waals surface area contributed by atoms with E-state index in [1.165, 1.54) is 19.3 Å². The van der Waals surface area contributed by atoms with Crippen molar-refractivity contribution in [3.05, 3.63) is 35.3 Å². The minimum absolute atomic E-state index is 0.0139. The smallest absolute Gasteiger partial charge is 0.255 e. The van der Waals surface area contributed by atoms with Crippen molar-refractivity contribution in [2.75, 3.05) is 0 Å². The van der Waals surface area contributed by atoms with Crippen LogP contribution in [0.4, 0.5) is 0 Å². The van der Waals surface area contributed by atoms with E-state index in [0.29, 0.717) is 11.5 Å². The van der Waals surface area contributed by atoms with Crippen LogP contribution in [0.3, 0.4) is 0 Å². The van der Waals surface area contributed by atoms with Crippen LogP contribution in [0.5, 0.6) is 0 Å². The summed E-state index contributed by atoms with van der Waals surface area (Å²) in [7, 11) is 0. The topological polar surface area (TPSA) is 46.4 Å². The van der Waals surface area contributed by atoms with Gasteiger partial charge in [0, 0.05) is 17.9 Å². The molecule has 0 bridgehead atoms. The van der Waals surface area contributed by atoms with Crippen LogP contribution >= 0.6 is 0 Å². The number of amides is 1. The summed E-state index contributed by atoms with van der Waals surface area (Å²) >= 11 is 0. The summed E-state index contributed by atoms with van der Waals surface area (Å²) in [6.07, 6.45) is 5.72. The van der Waals surface area contributed by atoms with E-state index in [0.717, 1.165) is 17.0 Å². The highest BCUT2D eigenvalue weighted by Gasteiger charge is 2.26. The van der Waals surface area contributed by atoms with E-state index in [2.05, 4.69) is 17.2 Å². The molecule has 0 spiro atoms. The fraction of sp³-hybridized carbons (Fsp3) is 0.500. The molecule has 0 radical (unpaired) electrons. The predicted octanol–water partition coefficient (Wildman–Crippen LogP) is 2.87. The molecule has 2 aromatic rings. The average Bonchev–Trinajstić information content (AvgIpc) is 2.69. The maximum absolute atomic E-state index is 12.5. The van der Waals surface area contributed by atoms with E-state index in [1.807, 2.05) is 36.6 Å². The molecule has 0 unspecified atom stereocenters. The summed E-state index contributed by atoms with van der Waals surface area (Å²) in [5, 5.41) is 3.13. The van der Waals surface area contributed by atoms with Crippen LogP contribution in [-0.4, -0.2) is 21.3 Å². The molecule has 1 aliphatic rings. The molecule has 2 heterocycles. The van der Waals surface area contributed by atoms with Gasteiger partial charge in [0.2, 0.25) is 0 Å². The van der Waals surface area contributed by atoms with Gasteiger partial charge in [-0.3, -0.25) is 4.79 Å². The van der Waals surface area contributed by atoms with Gasteiger partial charge in [0.25, 0.3) is 5.91 Å². The standard InChI is InChI=1S/C16H21N3O/c1-10-9-19-11(2)7-8-14(15(19)17-10)16(20)18-12(3)13-5-4-6-13/h7-9,12-13H,4-6H2,1-3H3,(H,18,20)/t12-/m1/s1. The Morgan fingerprint density at radius 1 is 1.40 bits per heavy atom. The first-order valence-electron chi connectivity index (χ1n) is 7.32. The number of aryl methyl sites for hydroxylation is 2. The Morgan fingerprint density at radius 2 is 2.15 bits per heavy atom. The Balaban J connectivity index is 1.89. The maximum Gasteiger partial charge on any atom is 0.255 e. The number of nitrogens with one attached hydrogen (secondary N) is 1. The number of nitrogens with zero attached hydrogens (tertiary/aromatic N) is 2. The molecule has 0 aromatic carbocycles. The summed E-state index contributed by atoms with van der Waals surface area (Å²) in [5.41, 5.74) is 3.43. The molecule has 106 valence electrons. The second-order valence-electron chi connectivity index (χ2n) is 5.92. The molecule has 1 N–H and O–H groups in total. The van der Waals surface area contributed by atoms with Crippen molar-refractivity contribution in [3.63, 3.8) is 0 Å². The number of fused-ring (bicyclic) bond motifs is 1. The first-order valence-corrected chi connectivity index (χ1v) is 7.32. The Bertz CT molecular complexity index is 655. The molecule has 4 nitrogen and oxygen atoms in total. The number of carbonyl (C=O) groups is 1. The zero-order valence-electron chi connectivity index (χ0n) is 12.3. The molecule has 0 saturated heterocycles. The Morgan fingerprint density at radius 3 is 2.80 bits per heavy atom. The number of hydrogen-bond donors (Lipinski definition) is 1. The quantitative estimate of drug-likeness (QED) is 0.933. The van der Waals surface area contributed by atoms with E-state index in [9.17, 15) is 4.79 Å². The molecule has 1 atom stereocenters. The third kappa shape index (κ3) is 2.19. The van der Waals surface area contributed by atoms with Crippen LogP contribution in [0.25, 0.3) is 5.65 Å². The summed E-state index contributed by atoms with van der Waals surface area (Å²) in [5.74, 6) is 0.627. The van der Waals surface area contributed by atoms with Crippen LogP contribution in [0, 0.1) is 19.8 Å². The van der Waals surface area contributed by atoms with Crippen molar-refractivity contribution >= 4 is 11.6 Å². The second kappa shape index (κ2) is 4.93. The van der Waals surface area contributed by atoms with Crippen molar-refractivity contribution < 1.29 is 4.79 Å². The van der Waals surface area contributed by atoms with Gasteiger partial charge >= 0.3 is 0 Å². The van der Waals surface area contributed by atoms with Gasteiger partial charge in [0.15, 0.2) is 0 Å². The maximum atomic E-state index is 12.5.